The van der Waals surface area contributed by atoms with Gasteiger partial charge in [-0.25, -0.2) is 0 Å². The summed E-state index contributed by atoms with van der Waals surface area (Å²) in [6, 6.07) is 10.6. The molecule has 3 aliphatic rings. The molecule has 2 saturated heterocycles. The molecule has 146 valence electrons. The van der Waals surface area contributed by atoms with Gasteiger partial charge in [-0.1, -0.05) is 43.9 Å². The van der Waals surface area contributed by atoms with Gasteiger partial charge in [-0.3, -0.25) is 19.6 Å². The molecule has 1 atom stereocenters. The summed E-state index contributed by atoms with van der Waals surface area (Å²) >= 11 is 0. The Balaban J connectivity index is 1.76. The average Bonchev–Trinajstić information content (AvgIpc) is 2.89. The van der Waals surface area contributed by atoms with E-state index in [4.69, 9.17) is 4.99 Å². The van der Waals surface area contributed by atoms with Crippen molar-refractivity contribution >= 4 is 17.4 Å². The molecule has 1 aromatic carbocycles. The van der Waals surface area contributed by atoms with Crippen LogP contribution in [-0.4, -0.2) is 41.8 Å². The summed E-state index contributed by atoms with van der Waals surface area (Å²) in [6.45, 7) is 6.39. The Hall–Kier alpha value is -1.68. The highest BCUT2D eigenvalue weighted by molar-refractivity contribution is 6.27. The van der Waals surface area contributed by atoms with Gasteiger partial charge in [-0.2, -0.15) is 0 Å². The highest BCUT2D eigenvalue weighted by atomic mass is 16.2. The summed E-state index contributed by atoms with van der Waals surface area (Å²) in [4.78, 5) is 23.3. The van der Waals surface area contributed by atoms with Gasteiger partial charge in [0.25, 0.3) is 0 Å². The number of amides is 1. The first-order valence-corrected chi connectivity index (χ1v) is 10.8. The second-order valence-corrected chi connectivity index (χ2v) is 8.98. The molecule has 4 heteroatoms. The van der Waals surface area contributed by atoms with Crippen LogP contribution in [0.2, 0.25) is 0 Å². The van der Waals surface area contributed by atoms with Crippen LogP contribution in [0.25, 0.3) is 0 Å². The summed E-state index contributed by atoms with van der Waals surface area (Å²) in [7, 11) is 0. The zero-order valence-electron chi connectivity index (χ0n) is 16.9. The number of hydrogen-bond donors (Lipinski definition) is 0. The number of likely N-dealkylation sites (tertiary alicyclic amines) is 1. The van der Waals surface area contributed by atoms with Crippen LogP contribution in [0.1, 0.15) is 65.2 Å². The number of aliphatic imine (C=N–C) groups is 1. The van der Waals surface area contributed by atoms with Gasteiger partial charge in [0.2, 0.25) is 5.91 Å². The third kappa shape index (κ3) is 3.56. The molecule has 1 aromatic rings. The van der Waals surface area contributed by atoms with E-state index in [9.17, 15) is 4.79 Å². The second-order valence-electron chi connectivity index (χ2n) is 8.98. The molecule has 2 heterocycles. The molecule has 2 aliphatic heterocycles. The van der Waals surface area contributed by atoms with Gasteiger partial charge in [-0.05, 0) is 64.8 Å². The maximum atomic E-state index is 13.6. The standard InChI is InChI=1S/C23H33N3O/c1-23(2)20(25-16-10-5-11-17-25)21(24-18-12-6-3-7-13-18)26(22(23)27)19-14-8-4-9-15-19/h4,8-9,14-15,18,20H,3,5-7,10-13,16-17H2,1-2H3/t20-/m0/s1. The molecule has 3 fully saturated rings. The van der Waals surface area contributed by atoms with Gasteiger partial charge in [0, 0.05) is 0 Å². The summed E-state index contributed by atoms with van der Waals surface area (Å²) in [5.74, 6) is 1.20. The zero-order valence-corrected chi connectivity index (χ0v) is 16.9. The Morgan fingerprint density at radius 2 is 1.56 bits per heavy atom. The number of nitrogens with zero attached hydrogens (tertiary/aromatic N) is 3. The maximum absolute atomic E-state index is 13.6. The largest absolute Gasteiger partial charge is 0.293 e. The predicted octanol–water partition coefficient (Wildman–Crippen LogP) is 4.65. The Labute approximate surface area is 163 Å². The van der Waals surface area contributed by atoms with E-state index in [1.807, 2.05) is 35.2 Å². The first kappa shape index (κ1) is 18.7. The maximum Gasteiger partial charge on any atom is 0.240 e. The molecular formula is C23H33N3O. The number of benzene rings is 1. The van der Waals surface area contributed by atoms with E-state index in [-0.39, 0.29) is 11.9 Å². The Morgan fingerprint density at radius 3 is 2.22 bits per heavy atom. The SMILES string of the molecule is CC1(C)C(=O)N(c2ccccc2)C(=NC2CCCCC2)[C@@H]1N1CCCCC1. The summed E-state index contributed by atoms with van der Waals surface area (Å²) in [6.07, 6.45) is 9.92. The van der Waals surface area contributed by atoms with Crippen molar-refractivity contribution in [3.63, 3.8) is 0 Å². The topological polar surface area (TPSA) is 35.9 Å². The predicted molar refractivity (Wildman–Crippen MR) is 111 cm³/mol. The van der Waals surface area contributed by atoms with Crippen LogP contribution in [-0.2, 0) is 4.79 Å². The fourth-order valence-electron chi connectivity index (χ4n) is 5.10. The van der Waals surface area contributed by atoms with Gasteiger partial charge in [0.1, 0.15) is 5.84 Å². The molecule has 4 nitrogen and oxygen atoms in total. The molecule has 0 unspecified atom stereocenters. The lowest BCUT2D eigenvalue weighted by atomic mass is 9.84. The normalized spacial score (nSPS) is 28.8. The molecule has 27 heavy (non-hydrogen) atoms. The van der Waals surface area contributed by atoms with Gasteiger partial charge >= 0.3 is 0 Å². The van der Waals surface area contributed by atoms with E-state index in [0.29, 0.717) is 6.04 Å². The third-order valence-electron chi connectivity index (χ3n) is 6.57. The Bertz CT molecular complexity index is 685. The lowest BCUT2D eigenvalue weighted by molar-refractivity contribution is -0.125. The van der Waals surface area contributed by atoms with E-state index < -0.39 is 5.41 Å². The molecule has 1 saturated carbocycles. The minimum absolute atomic E-state index is 0.0902. The molecule has 0 N–H and O–H groups in total. The Morgan fingerprint density at radius 1 is 0.926 bits per heavy atom. The zero-order chi connectivity index (χ0) is 18.9. The van der Waals surface area contributed by atoms with Crippen molar-refractivity contribution in [2.24, 2.45) is 10.4 Å². The number of hydrogen-bond acceptors (Lipinski definition) is 3. The minimum Gasteiger partial charge on any atom is -0.293 e. The summed E-state index contributed by atoms with van der Waals surface area (Å²) in [5, 5.41) is 0. The van der Waals surface area contributed by atoms with Crippen molar-refractivity contribution in [1.29, 1.82) is 0 Å². The number of para-hydroxylation sites is 1. The van der Waals surface area contributed by atoms with Crippen molar-refractivity contribution < 1.29 is 4.79 Å². The van der Waals surface area contributed by atoms with Crippen molar-refractivity contribution in [2.45, 2.75) is 77.3 Å². The second kappa shape index (κ2) is 7.75. The lowest BCUT2D eigenvalue weighted by Crippen LogP contribution is -2.50. The highest BCUT2D eigenvalue weighted by Crippen LogP contribution is 2.40. The van der Waals surface area contributed by atoms with Crippen LogP contribution in [0.15, 0.2) is 35.3 Å². The van der Waals surface area contributed by atoms with E-state index in [1.54, 1.807) is 0 Å². The summed E-state index contributed by atoms with van der Waals surface area (Å²) < 4.78 is 0. The van der Waals surface area contributed by atoms with Gasteiger partial charge in [0.15, 0.2) is 0 Å². The first-order valence-electron chi connectivity index (χ1n) is 10.8. The average molecular weight is 368 g/mol. The van der Waals surface area contributed by atoms with Gasteiger partial charge in [-0.15, -0.1) is 0 Å². The number of piperidine rings is 1. The quantitative estimate of drug-likeness (QED) is 0.780. The van der Waals surface area contributed by atoms with Crippen LogP contribution in [0.5, 0.6) is 0 Å². The smallest absolute Gasteiger partial charge is 0.240 e. The molecule has 0 radical (unpaired) electrons. The number of carbonyl (C=O) groups excluding carboxylic acids is 1. The summed E-state index contributed by atoms with van der Waals surface area (Å²) in [5.41, 5.74) is 0.519. The van der Waals surface area contributed by atoms with Gasteiger partial charge < -0.3 is 0 Å². The molecule has 0 bridgehead atoms. The molecule has 1 aliphatic carbocycles. The van der Waals surface area contributed by atoms with E-state index in [1.165, 1.54) is 38.5 Å². The fourth-order valence-corrected chi connectivity index (χ4v) is 5.10. The molecule has 1 amide bonds. The van der Waals surface area contributed by atoms with E-state index in [2.05, 4.69) is 18.7 Å². The highest BCUT2D eigenvalue weighted by Gasteiger charge is 2.55. The lowest BCUT2D eigenvalue weighted by Gasteiger charge is -2.38. The number of carbonyl (C=O) groups is 1. The van der Waals surface area contributed by atoms with Crippen LogP contribution < -0.4 is 4.90 Å². The molecule has 0 aromatic heterocycles. The monoisotopic (exact) mass is 367 g/mol. The van der Waals surface area contributed by atoms with E-state index >= 15 is 0 Å². The van der Waals surface area contributed by atoms with Crippen LogP contribution in [0.4, 0.5) is 5.69 Å². The molecular weight excluding hydrogens is 334 g/mol. The van der Waals surface area contributed by atoms with Crippen molar-refractivity contribution in [3.8, 4) is 0 Å². The number of anilines is 1. The number of amidine groups is 1. The van der Waals surface area contributed by atoms with Gasteiger partial charge in [0.05, 0.1) is 23.2 Å². The van der Waals surface area contributed by atoms with Crippen LogP contribution in [0.3, 0.4) is 0 Å². The number of rotatable bonds is 3. The molecule has 4 rings (SSSR count). The van der Waals surface area contributed by atoms with E-state index in [0.717, 1.165) is 37.5 Å². The third-order valence-corrected chi connectivity index (χ3v) is 6.57. The fraction of sp³-hybridized carbons (Fsp3) is 0.652. The Kier molecular flexibility index (Phi) is 5.36. The van der Waals surface area contributed by atoms with Crippen molar-refractivity contribution in [2.75, 3.05) is 18.0 Å². The first-order chi connectivity index (χ1) is 13.1. The van der Waals surface area contributed by atoms with Crippen molar-refractivity contribution in [3.05, 3.63) is 30.3 Å². The minimum atomic E-state index is -0.444. The van der Waals surface area contributed by atoms with Crippen LogP contribution >= 0.6 is 0 Å². The van der Waals surface area contributed by atoms with Crippen LogP contribution in [0, 0.1) is 5.41 Å². The molecule has 0 spiro atoms. The van der Waals surface area contributed by atoms with Crippen molar-refractivity contribution in [1.82, 2.24) is 4.90 Å².